The van der Waals surface area contributed by atoms with Crippen LogP contribution in [0.3, 0.4) is 0 Å². The maximum absolute atomic E-state index is 12.2. The Morgan fingerprint density at radius 2 is 1.71 bits per heavy atom. The molecule has 24 heavy (non-hydrogen) atoms. The fourth-order valence-electron chi connectivity index (χ4n) is 3.31. The molecule has 0 radical (unpaired) electrons. The van der Waals surface area contributed by atoms with Gasteiger partial charge in [0, 0.05) is 10.2 Å². The highest BCUT2D eigenvalue weighted by Crippen LogP contribution is 2.40. The molecule has 1 fully saturated rings. The molecule has 0 spiro atoms. The van der Waals surface area contributed by atoms with E-state index >= 15 is 0 Å². The van der Waals surface area contributed by atoms with Gasteiger partial charge in [-0.1, -0.05) is 53.0 Å². The van der Waals surface area contributed by atoms with Gasteiger partial charge in [-0.15, -0.1) is 0 Å². The van der Waals surface area contributed by atoms with Crippen LogP contribution in [0.2, 0.25) is 0 Å². The van der Waals surface area contributed by atoms with Crippen molar-refractivity contribution in [3.8, 4) is 6.07 Å². The standard InChI is InChI=1S/C20H19BrN2O/c21-17-7-3-15(4-8-17)13-19(24)23-18-9-5-16(6-10-18)20(14-22)11-1-2-12-20/h3-10H,1-2,11-13H2,(H,23,24). The Kier molecular flexibility index (Phi) is 5.01. The molecule has 0 saturated heterocycles. The fraction of sp³-hybridized carbons (Fsp3) is 0.300. The Morgan fingerprint density at radius 3 is 2.29 bits per heavy atom. The number of hydrogen-bond donors (Lipinski definition) is 1. The van der Waals surface area contributed by atoms with Gasteiger partial charge in [-0.05, 0) is 48.2 Å². The van der Waals surface area contributed by atoms with Crippen LogP contribution in [0.4, 0.5) is 5.69 Å². The molecule has 1 aliphatic rings. The van der Waals surface area contributed by atoms with E-state index in [1.807, 2.05) is 48.5 Å². The Labute approximate surface area is 150 Å². The second-order valence-electron chi connectivity index (χ2n) is 6.33. The van der Waals surface area contributed by atoms with Crippen LogP contribution in [0.1, 0.15) is 36.8 Å². The monoisotopic (exact) mass is 382 g/mol. The van der Waals surface area contributed by atoms with Gasteiger partial charge in [0.1, 0.15) is 0 Å². The lowest BCUT2D eigenvalue weighted by atomic mass is 9.80. The minimum absolute atomic E-state index is 0.0408. The molecule has 3 rings (SSSR count). The number of carbonyl (C=O) groups is 1. The van der Waals surface area contributed by atoms with Gasteiger partial charge in [0.05, 0.1) is 17.9 Å². The van der Waals surface area contributed by atoms with Crippen LogP contribution < -0.4 is 5.32 Å². The predicted molar refractivity (Wildman–Crippen MR) is 98.7 cm³/mol. The summed E-state index contributed by atoms with van der Waals surface area (Å²) in [6, 6.07) is 18.0. The summed E-state index contributed by atoms with van der Waals surface area (Å²) in [5, 5.41) is 12.5. The van der Waals surface area contributed by atoms with Crippen molar-refractivity contribution in [1.29, 1.82) is 5.26 Å². The van der Waals surface area contributed by atoms with Gasteiger partial charge in [0.15, 0.2) is 0 Å². The van der Waals surface area contributed by atoms with E-state index < -0.39 is 0 Å². The number of carbonyl (C=O) groups excluding carboxylic acids is 1. The summed E-state index contributed by atoms with van der Waals surface area (Å²) in [6.45, 7) is 0. The first-order chi connectivity index (χ1) is 11.6. The molecule has 122 valence electrons. The number of anilines is 1. The van der Waals surface area contributed by atoms with Gasteiger partial charge in [-0.2, -0.15) is 5.26 Å². The van der Waals surface area contributed by atoms with Crippen molar-refractivity contribution in [3.63, 3.8) is 0 Å². The van der Waals surface area contributed by atoms with Crippen LogP contribution in [-0.2, 0) is 16.6 Å². The maximum Gasteiger partial charge on any atom is 0.228 e. The van der Waals surface area contributed by atoms with Crippen molar-refractivity contribution in [2.75, 3.05) is 5.32 Å². The van der Waals surface area contributed by atoms with Crippen molar-refractivity contribution in [2.24, 2.45) is 0 Å². The average molecular weight is 383 g/mol. The topological polar surface area (TPSA) is 52.9 Å². The summed E-state index contributed by atoms with van der Waals surface area (Å²) in [5.41, 5.74) is 2.47. The highest BCUT2D eigenvalue weighted by atomic mass is 79.9. The van der Waals surface area contributed by atoms with Crippen molar-refractivity contribution >= 4 is 27.5 Å². The van der Waals surface area contributed by atoms with Crippen molar-refractivity contribution in [2.45, 2.75) is 37.5 Å². The van der Waals surface area contributed by atoms with Crippen LogP contribution in [0.15, 0.2) is 53.0 Å². The lowest BCUT2D eigenvalue weighted by Crippen LogP contribution is -2.19. The lowest BCUT2D eigenvalue weighted by molar-refractivity contribution is -0.115. The molecule has 1 aliphatic carbocycles. The van der Waals surface area contributed by atoms with E-state index in [1.54, 1.807) is 0 Å². The maximum atomic E-state index is 12.2. The van der Waals surface area contributed by atoms with Crippen LogP contribution >= 0.6 is 15.9 Å². The summed E-state index contributed by atoms with van der Waals surface area (Å²) in [6.07, 6.45) is 4.42. The number of halogens is 1. The number of amides is 1. The molecule has 0 atom stereocenters. The van der Waals surface area contributed by atoms with Crippen LogP contribution in [0, 0.1) is 11.3 Å². The van der Waals surface area contributed by atoms with Crippen LogP contribution in [0.5, 0.6) is 0 Å². The molecule has 2 aromatic carbocycles. The van der Waals surface area contributed by atoms with E-state index in [1.165, 1.54) is 0 Å². The van der Waals surface area contributed by atoms with E-state index in [9.17, 15) is 10.1 Å². The summed E-state index contributed by atoms with van der Waals surface area (Å²) < 4.78 is 1.00. The van der Waals surface area contributed by atoms with Crippen LogP contribution in [0.25, 0.3) is 0 Å². The molecular weight excluding hydrogens is 364 g/mol. The molecular formula is C20H19BrN2O. The van der Waals surface area contributed by atoms with Gasteiger partial charge in [-0.25, -0.2) is 0 Å². The Hall–Kier alpha value is -2.12. The van der Waals surface area contributed by atoms with Gasteiger partial charge < -0.3 is 5.32 Å². The quantitative estimate of drug-likeness (QED) is 0.811. The summed E-state index contributed by atoms with van der Waals surface area (Å²) >= 11 is 3.39. The fourth-order valence-corrected chi connectivity index (χ4v) is 3.57. The highest BCUT2D eigenvalue weighted by Gasteiger charge is 2.35. The first-order valence-electron chi connectivity index (χ1n) is 8.17. The van der Waals surface area contributed by atoms with Gasteiger partial charge in [0.25, 0.3) is 0 Å². The summed E-state index contributed by atoms with van der Waals surface area (Å²) in [4.78, 5) is 12.2. The largest absolute Gasteiger partial charge is 0.326 e. The third kappa shape index (κ3) is 3.68. The molecule has 0 aromatic heterocycles. The number of nitrogens with one attached hydrogen (secondary N) is 1. The molecule has 2 aromatic rings. The normalized spacial score (nSPS) is 15.7. The molecule has 1 amide bonds. The third-order valence-corrected chi connectivity index (χ3v) is 5.20. The second-order valence-corrected chi connectivity index (χ2v) is 7.25. The zero-order valence-corrected chi connectivity index (χ0v) is 15.0. The minimum Gasteiger partial charge on any atom is -0.326 e. The first-order valence-corrected chi connectivity index (χ1v) is 8.97. The Bertz CT molecular complexity index is 754. The molecule has 3 nitrogen and oxygen atoms in total. The number of benzene rings is 2. The molecule has 0 heterocycles. The minimum atomic E-state index is -0.333. The predicted octanol–water partition coefficient (Wildman–Crippen LogP) is 4.97. The van der Waals surface area contributed by atoms with Crippen LogP contribution in [-0.4, -0.2) is 5.91 Å². The van der Waals surface area contributed by atoms with Gasteiger partial charge in [-0.3, -0.25) is 4.79 Å². The molecule has 1 N–H and O–H groups in total. The molecule has 0 unspecified atom stereocenters. The number of hydrogen-bond acceptors (Lipinski definition) is 2. The van der Waals surface area contributed by atoms with Crippen molar-refractivity contribution in [1.82, 2.24) is 0 Å². The van der Waals surface area contributed by atoms with Gasteiger partial charge >= 0.3 is 0 Å². The van der Waals surface area contributed by atoms with E-state index in [2.05, 4.69) is 27.3 Å². The second kappa shape index (κ2) is 7.19. The zero-order chi connectivity index (χ0) is 17.0. The highest BCUT2D eigenvalue weighted by molar-refractivity contribution is 9.10. The number of nitriles is 1. The lowest BCUT2D eigenvalue weighted by Gasteiger charge is -2.21. The molecule has 1 saturated carbocycles. The van der Waals surface area contributed by atoms with E-state index in [0.717, 1.165) is 47.0 Å². The smallest absolute Gasteiger partial charge is 0.228 e. The molecule has 0 bridgehead atoms. The van der Waals surface area contributed by atoms with E-state index in [0.29, 0.717) is 6.42 Å². The van der Waals surface area contributed by atoms with Crippen molar-refractivity contribution < 1.29 is 4.79 Å². The SMILES string of the molecule is N#CC1(c2ccc(NC(=O)Cc3ccc(Br)cc3)cc2)CCCC1. The van der Waals surface area contributed by atoms with E-state index in [4.69, 9.17) is 0 Å². The first kappa shape index (κ1) is 16.7. The summed E-state index contributed by atoms with van der Waals surface area (Å²) in [7, 11) is 0. The van der Waals surface area contributed by atoms with Gasteiger partial charge in [0.2, 0.25) is 5.91 Å². The Balaban J connectivity index is 1.65. The summed E-state index contributed by atoms with van der Waals surface area (Å²) in [5.74, 6) is -0.0408. The zero-order valence-electron chi connectivity index (χ0n) is 13.4. The number of rotatable bonds is 4. The van der Waals surface area contributed by atoms with Crippen molar-refractivity contribution in [3.05, 3.63) is 64.1 Å². The number of nitrogens with zero attached hydrogens (tertiary/aromatic N) is 1. The van der Waals surface area contributed by atoms with E-state index in [-0.39, 0.29) is 11.3 Å². The average Bonchev–Trinajstić information content (AvgIpc) is 3.08. The molecule has 0 aliphatic heterocycles. The third-order valence-electron chi connectivity index (χ3n) is 4.67. The molecule has 4 heteroatoms. The Morgan fingerprint density at radius 1 is 1.08 bits per heavy atom.